The number of aliphatic hydroxyl groups is 1. The van der Waals surface area contributed by atoms with Crippen LogP contribution in [0.4, 0.5) is 0 Å². The van der Waals surface area contributed by atoms with Gasteiger partial charge in [0.05, 0.1) is 18.7 Å². The average Bonchev–Trinajstić information content (AvgIpc) is 3.21. The lowest BCUT2D eigenvalue weighted by molar-refractivity contribution is -0.148. The van der Waals surface area contributed by atoms with Crippen molar-refractivity contribution in [1.29, 1.82) is 0 Å². The average molecular weight is 436 g/mol. The highest BCUT2D eigenvalue weighted by Crippen LogP contribution is 2.17. The number of phenols is 1. The van der Waals surface area contributed by atoms with Crippen molar-refractivity contribution in [3.63, 3.8) is 0 Å². The molecule has 0 saturated carbocycles. The van der Waals surface area contributed by atoms with Crippen LogP contribution in [0.5, 0.6) is 5.75 Å². The van der Waals surface area contributed by atoms with Crippen molar-refractivity contribution in [3.05, 3.63) is 29.8 Å². The van der Waals surface area contributed by atoms with Crippen molar-refractivity contribution in [2.24, 2.45) is 5.73 Å². The fourth-order valence-electron chi connectivity index (χ4n) is 3.34. The smallest absolute Gasteiger partial charge is 0.326 e. The van der Waals surface area contributed by atoms with E-state index in [1.54, 1.807) is 12.1 Å². The largest absolute Gasteiger partial charge is 0.508 e. The van der Waals surface area contributed by atoms with Crippen LogP contribution in [0.2, 0.25) is 0 Å². The molecule has 4 atom stereocenters. The van der Waals surface area contributed by atoms with E-state index in [1.807, 2.05) is 0 Å². The summed E-state index contributed by atoms with van der Waals surface area (Å²) in [6, 6.07) is 2.85. The Labute approximate surface area is 179 Å². The van der Waals surface area contributed by atoms with Gasteiger partial charge < -0.3 is 36.6 Å². The molecule has 0 radical (unpaired) electrons. The fraction of sp³-hybridized carbons (Fsp3) is 0.500. The summed E-state index contributed by atoms with van der Waals surface area (Å²) in [6.07, 6.45) is -0.217. The normalized spacial score (nSPS) is 18.7. The highest BCUT2D eigenvalue weighted by molar-refractivity contribution is 5.93. The highest BCUT2D eigenvalue weighted by atomic mass is 16.4. The molecule has 1 aromatic rings. The molecule has 1 fully saturated rings. The standard InChI is InChI=1S/C20H28N4O7/c1-11(25)17(23-18(28)14(21)9-12-4-6-13(26)7-5-12)19(29)22-10-16(27)24-8-2-3-15(24)20(30)31/h4-7,11,14-15,17,25-26H,2-3,8-10,21H2,1H3,(H,22,29)(H,23,28)(H,30,31)/t11-,14+,15+,17+/m1/s1. The maximum absolute atomic E-state index is 12.4. The fourth-order valence-corrected chi connectivity index (χ4v) is 3.34. The second kappa shape index (κ2) is 10.7. The van der Waals surface area contributed by atoms with E-state index in [0.717, 1.165) is 0 Å². The van der Waals surface area contributed by atoms with Gasteiger partial charge in [-0.1, -0.05) is 12.1 Å². The third kappa shape index (κ3) is 6.66. The Morgan fingerprint density at radius 1 is 1.19 bits per heavy atom. The van der Waals surface area contributed by atoms with Gasteiger partial charge >= 0.3 is 5.97 Å². The molecule has 1 aliphatic heterocycles. The quantitative estimate of drug-likeness (QED) is 0.265. The number of carboxylic acid groups (broad SMARTS) is 1. The lowest BCUT2D eigenvalue weighted by Gasteiger charge is -2.24. The molecule has 170 valence electrons. The number of carbonyl (C=O) groups excluding carboxylic acids is 3. The third-order valence-corrected chi connectivity index (χ3v) is 5.06. The van der Waals surface area contributed by atoms with Crippen molar-refractivity contribution >= 4 is 23.7 Å². The summed E-state index contributed by atoms with van der Waals surface area (Å²) in [5, 5.41) is 33.1. The predicted octanol–water partition coefficient (Wildman–Crippen LogP) is -1.68. The van der Waals surface area contributed by atoms with E-state index in [-0.39, 0.29) is 18.7 Å². The zero-order valence-electron chi connectivity index (χ0n) is 17.2. The molecule has 7 N–H and O–H groups in total. The molecule has 1 aromatic carbocycles. The number of aromatic hydroxyl groups is 1. The van der Waals surface area contributed by atoms with Crippen molar-refractivity contribution in [1.82, 2.24) is 15.5 Å². The van der Waals surface area contributed by atoms with Crippen molar-refractivity contribution in [2.75, 3.05) is 13.1 Å². The molecule has 1 aliphatic rings. The van der Waals surface area contributed by atoms with Gasteiger partial charge in [0.25, 0.3) is 0 Å². The molecule has 0 unspecified atom stereocenters. The lowest BCUT2D eigenvalue weighted by Crippen LogP contribution is -2.57. The second-order valence-corrected chi connectivity index (χ2v) is 7.51. The Balaban J connectivity index is 1.90. The number of likely N-dealkylation sites (tertiary alicyclic amines) is 1. The van der Waals surface area contributed by atoms with Gasteiger partial charge in [-0.05, 0) is 43.9 Å². The van der Waals surface area contributed by atoms with Crippen LogP contribution in [0.1, 0.15) is 25.3 Å². The van der Waals surface area contributed by atoms with Gasteiger partial charge in [-0.3, -0.25) is 14.4 Å². The Morgan fingerprint density at radius 3 is 2.42 bits per heavy atom. The van der Waals surface area contributed by atoms with Crippen molar-refractivity contribution in [2.45, 2.75) is 50.4 Å². The molecule has 0 aromatic heterocycles. The van der Waals surface area contributed by atoms with Gasteiger partial charge in [0, 0.05) is 6.54 Å². The van der Waals surface area contributed by atoms with Crippen LogP contribution in [0, 0.1) is 0 Å². The first-order valence-electron chi connectivity index (χ1n) is 9.92. The van der Waals surface area contributed by atoms with Crippen LogP contribution in [0.25, 0.3) is 0 Å². The minimum atomic E-state index is -1.35. The number of carbonyl (C=O) groups is 4. The Morgan fingerprint density at radius 2 is 1.84 bits per heavy atom. The number of phenolic OH excluding ortho intramolecular Hbond substituents is 1. The Bertz CT molecular complexity index is 812. The number of nitrogens with one attached hydrogen (secondary N) is 2. The van der Waals surface area contributed by atoms with Crippen molar-refractivity contribution in [3.8, 4) is 5.75 Å². The first-order chi connectivity index (χ1) is 14.6. The topological polar surface area (TPSA) is 182 Å². The number of rotatable bonds is 9. The summed E-state index contributed by atoms with van der Waals surface area (Å²) in [5.41, 5.74) is 6.58. The van der Waals surface area contributed by atoms with E-state index in [4.69, 9.17) is 10.8 Å². The molecule has 2 rings (SSSR count). The second-order valence-electron chi connectivity index (χ2n) is 7.51. The van der Waals surface area contributed by atoms with E-state index >= 15 is 0 Å². The van der Waals surface area contributed by atoms with Gasteiger partial charge in [-0.25, -0.2) is 4.79 Å². The van der Waals surface area contributed by atoms with E-state index < -0.39 is 54.5 Å². The van der Waals surface area contributed by atoms with Crippen LogP contribution in [0.3, 0.4) is 0 Å². The Kier molecular flexibility index (Phi) is 8.34. The van der Waals surface area contributed by atoms with Gasteiger partial charge in [-0.2, -0.15) is 0 Å². The molecule has 31 heavy (non-hydrogen) atoms. The maximum atomic E-state index is 12.4. The molecule has 11 heteroatoms. The molecular weight excluding hydrogens is 408 g/mol. The Hall–Kier alpha value is -3.18. The molecule has 11 nitrogen and oxygen atoms in total. The predicted molar refractivity (Wildman–Crippen MR) is 109 cm³/mol. The number of nitrogens with two attached hydrogens (primary N) is 1. The molecule has 3 amide bonds. The van der Waals surface area contributed by atoms with E-state index in [2.05, 4.69) is 10.6 Å². The number of hydrogen-bond donors (Lipinski definition) is 6. The van der Waals surface area contributed by atoms with Crippen LogP contribution in [-0.2, 0) is 25.6 Å². The van der Waals surface area contributed by atoms with E-state index in [0.29, 0.717) is 18.4 Å². The maximum Gasteiger partial charge on any atom is 0.326 e. The monoisotopic (exact) mass is 436 g/mol. The SMILES string of the molecule is C[C@@H](O)[C@H](NC(=O)[C@@H](N)Cc1ccc(O)cc1)C(=O)NCC(=O)N1CCC[C@H]1C(=O)O. The first-order valence-corrected chi connectivity index (χ1v) is 9.92. The summed E-state index contributed by atoms with van der Waals surface area (Å²) >= 11 is 0. The summed E-state index contributed by atoms with van der Waals surface area (Å²) in [4.78, 5) is 49.5. The number of aliphatic carboxylic acids is 1. The number of nitrogens with zero attached hydrogens (tertiary/aromatic N) is 1. The zero-order chi connectivity index (χ0) is 23.1. The molecule has 1 saturated heterocycles. The molecule has 0 aliphatic carbocycles. The number of carboxylic acids is 1. The van der Waals surface area contributed by atoms with Crippen LogP contribution in [0.15, 0.2) is 24.3 Å². The summed E-state index contributed by atoms with van der Waals surface area (Å²) in [5.74, 6) is -3.05. The van der Waals surface area contributed by atoms with Gasteiger partial charge in [0.1, 0.15) is 17.8 Å². The van der Waals surface area contributed by atoms with Gasteiger partial charge in [0.2, 0.25) is 17.7 Å². The highest BCUT2D eigenvalue weighted by Gasteiger charge is 2.34. The lowest BCUT2D eigenvalue weighted by atomic mass is 10.0. The third-order valence-electron chi connectivity index (χ3n) is 5.06. The number of benzene rings is 1. The molecule has 0 spiro atoms. The van der Waals surface area contributed by atoms with Gasteiger partial charge in [-0.15, -0.1) is 0 Å². The summed E-state index contributed by atoms with van der Waals surface area (Å²) < 4.78 is 0. The van der Waals surface area contributed by atoms with Gasteiger partial charge in [0.15, 0.2) is 0 Å². The number of amides is 3. The molecule has 1 heterocycles. The number of hydrogen-bond acceptors (Lipinski definition) is 7. The van der Waals surface area contributed by atoms with Crippen LogP contribution in [-0.4, -0.2) is 81.2 Å². The van der Waals surface area contributed by atoms with Crippen LogP contribution < -0.4 is 16.4 Å². The zero-order valence-corrected chi connectivity index (χ0v) is 17.2. The summed E-state index contributed by atoms with van der Waals surface area (Å²) in [7, 11) is 0. The van der Waals surface area contributed by atoms with E-state index in [1.165, 1.54) is 24.0 Å². The minimum absolute atomic E-state index is 0.0748. The molecular formula is C20H28N4O7. The first kappa shape index (κ1) is 24.1. The summed E-state index contributed by atoms with van der Waals surface area (Å²) in [6.45, 7) is 1.13. The number of aliphatic hydroxyl groups excluding tert-OH is 1. The molecule has 0 bridgehead atoms. The minimum Gasteiger partial charge on any atom is -0.508 e. The van der Waals surface area contributed by atoms with Crippen LogP contribution >= 0.6 is 0 Å². The van der Waals surface area contributed by atoms with E-state index in [9.17, 15) is 29.4 Å². The van der Waals surface area contributed by atoms with Crippen molar-refractivity contribution < 1.29 is 34.5 Å².